The van der Waals surface area contributed by atoms with E-state index in [1.807, 2.05) is 12.2 Å². The molecule has 1 N–H and O–H groups in total. The molecular formula is C17H21Br3O4. The summed E-state index contributed by atoms with van der Waals surface area (Å²) in [7, 11) is 1.34. The molecule has 0 saturated heterocycles. The molecule has 0 amide bonds. The van der Waals surface area contributed by atoms with Crippen LogP contribution in [0, 0.1) is 0 Å². The standard InChI is InChI=1S/C17H21Br3O4/c1-24-17(23)10-4-9-16(22)15(20)8-3-7-14(21)6-2-5-13(19)11-12-18/h3,5,7-8,11-12,16,22H,2,4,6,9-10H2,1H3/b7-3+,12-11-,13-5-,15-8-/t16-/m1/s1. The van der Waals surface area contributed by atoms with Crippen molar-refractivity contribution in [2.45, 2.75) is 38.2 Å². The summed E-state index contributed by atoms with van der Waals surface area (Å²) in [4.78, 5) is 24.4. The quantitative estimate of drug-likeness (QED) is 0.231. The summed E-state index contributed by atoms with van der Waals surface area (Å²) >= 11 is 9.80. The van der Waals surface area contributed by atoms with E-state index in [-0.39, 0.29) is 18.2 Å². The zero-order valence-electron chi connectivity index (χ0n) is 13.4. The third kappa shape index (κ3) is 12.9. The van der Waals surface area contributed by atoms with Gasteiger partial charge in [0, 0.05) is 21.8 Å². The molecule has 0 unspecified atom stereocenters. The number of ether oxygens (including phenoxy) is 1. The number of halogens is 3. The predicted molar refractivity (Wildman–Crippen MR) is 107 cm³/mol. The number of allylic oxidation sites excluding steroid dienone is 6. The summed E-state index contributed by atoms with van der Waals surface area (Å²) in [6, 6.07) is 0. The Morgan fingerprint density at radius 3 is 2.54 bits per heavy atom. The van der Waals surface area contributed by atoms with E-state index in [1.54, 1.807) is 17.1 Å². The molecule has 134 valence electrons. The van der Waals surface area contributed by atoms with E-state index >= 15 is 0 Å². The van der Waals surface area contributed by atoms with Crippen LogP contribution in [0.2, 0.25) is 0 Å². The lowest BCUT2D eigenvalue weighted by atomic mass is 10.1. The Bertz CT molecular complexity index is 522. The average Bonchev–Trinajstić information content (AvgIpc) is 2.54. The summed E-state index contributed by atoms with van der Waals surface area (Å²) in [5, 5.41) is 9.91. The van der Waals surface area contributed by atoms with Crippen LogP contribution in [-0.2, 0) is 14.3 Å². The molecule has 0 fully saturated rings. The van der Waals surface area contributed by atoms with Crippen molar-refractivity contribution in [3.63, 3.8) is 0 Å². The summed E-state index contributed by atoms with van der Waals surface area (Å²) in [6.07, 6.45) is 10.1. The lowest BCUT2D eigenvalue weighted by molar-refractivity contribution is -0.140. The van der Waals surface area contributed by atoms with E-state index in [1.165, 1.54) is 13.2 Å². The first-order valence-corrected chi connectivity index (χ1v) is 9.84. The van der Waals surface area contributed by atoms with Crippen molar-refractivity contribution in [2.75, 3.05) is 7.11 Å². The molecule has 0 rings (SSSR count). The lowest BCUT2D eigenvalue weighted by Crippen LogP contribution is -2.08. The topological polar surface area (TPSA) is 63.6 Å². The SMILES string of the molecule is COC(=O)CCC[C@@H](O)/C(Br)=C/C=C/C(=O)CC/C=C(Br)/C=C\Br. The molecule has 0 spiro atoms. The largest absolute Gasteiger partial charge is 0.469 e. The van der Waals surface area contributed by atoms with Crippen LogP contribution >= 0.6 is 47.8 Å². The van der Waals surface area contributed by atoms with Gasteiger partial charge in [-0.15, -0.1) is 0 Å². The summed E-state index contributed by atoms with van der Waals surface area (Å²) < 4.78 is 6.02. The van der Waals surface area contributed by atoms with E-state index in [2.05, 4.69) is 52.5 Å². The van der Waals surface area contributed by atoms with Gasteiger partial charge in [0.05, 0.1) is 13.2 Å². The van der Waals surface area contributed by atoms with E-state index < -0.39 is 6.10 Å². The van der Waals surface area contributed by atoms with Crippen LogP contribution in [0.25, 0.3) is 0 Å². The number of rotatable bonds is 11. The van der Waals surface area contributed by atoms with Gasteiger partial charge in [0.1, 0.15) is 0 Å². The van der Waals surface area contributed by atoms with Gasteiger partial charge >= 0.3 is 5.97 Å². The number of methoxy groups -OCH3 is 1. The van der Waals surface area contributed by atoms with Crippen LogP contribution in [0.15, 0.2) is 44.3 Å². The van der Waals surface area contributed by atoms with Crippen molar-refractivity contribution >= 4 is 59.5 Å². The Balaban J connectivity index is 4.19. The zero-order chi connectivity index (χ0) is 18.4. The Labute approximate surface area is 168 Å². The smallest absolute Gasteiger partial charge is 0.305 e. The second kappa shape index (κ2) is 14.8. The maximum atomic E-state index is 11.7. The Hall–Kier alpha value is -0.500. The highest BCUT2D eigenvalue weighted by Gasteiger charge is 2.09. The fraction of sp³-hybridized carbons (Fsp3) is 0.412. The first-order valence-electron chi connectivity index (χ1n) is 7.34. The number of hydrogen-bond donors (Lipinski definition) is 1. The zero-order valence-corrected chi connectivity index (χ0v) is 18.1. The maximum Gasteiger partial charge on any atom is 0.305 e. The normalized spacial score (nSPS) is 14.4. The van der Waals surface area contributed by atoms with E-state index in [9.17, 15) is 14.7 Å². The Morgan fingerprint density at radius 2 is 1.92 bits per heavy atom. The Morgan fingerprint density at radius 1 is 1.21 bits per heavy atom. The van der Waals surface area contributed by atoms with Gasteiger partial charge in [-0.3, -0.25) is 9.59 Å². The molecule has 0 radical (unpaired) electrons. The van der Waals surface area contributed by atoms with Gasteiger partial charge in [-0.25, -0.2) is 0 Å². The van der Waals surface area contributed by atoms with Crippen LogP contribution in [0.3, 0.4) is 0 Å². The monoisotopic (exact) mass is 526 g/mol. The van der Waals surface area contributed by atoms with Gasteiger partial charge in [-0.1, -0.05) is 59.9 Å². The number of carbonyl (C=O) groups excluding carboxylic acids is 2. The van der Waals surface area contributed by atoms with Crippen molar-refractivity contribution in [2.24, 2.45) is 0 Å². The van der Waals surface area contributed by atoms with Crippen LogP contribution in [-0.4, -0.2) is 30.1 Å². The molecular weight excluding hydrogens is 508 g/mol. The molecule has 0 aromatic rings. The Kier molecular flexibility index (Phi) is 14.5. The molecule has 0 aromatic carbocycles. The summed E-state index contributed by atoms with van der Waals surface area (Å²) in [5.41, 5.74) is 0. The summed E-state index contributed by atoms with van der Waals surface area (Å²) in [6.45, 7) is 0. The van der Waals surface area contributed by atoms with Gasteiger partial charge in [-0.2, -0.15) is 0 Å². The highest BCUT2D eigenvalue weighted by Crippen LogP contribution is 2.17. The van der Waals surface area contributed by atoms with Crippen molar-refractivity contribution in [1.82, 2.24) is 0 Å². The van der Waals surface area contributed by atoms with Gasteiger partial charge in [0.2, 0.25) is 0 Å². The minimum atomic E-state index is -0.704. The fourth-order valence-corrected chi connectivity index (χ4v) is 2.98. The van der Waals surface area contributed by atoms with Gasteiger partial charge < -0.3 is 9.84 Å². The van der Waals surface area contributed by atoms with Crippen molar-refractivity contribution in [1.29, 1.82) is 0 Å². The highest BCUT2D eigenvalue weighted by molar-refractivity contribution is 9.12. The number of aliphatic hydroxyl groups is 1. The van der Waals surface area contributed by atoms with Crippen LogP contribution in [0.5, 0.6) is 0 Å². The molecule has 0 aliphatic heterocycles. The first kappa shape index (κ1) is 23.5. The number of esters is 1. The summed E-state index contributed by atoms with van der Waals surface area (Å²) in [5.74, 6) is -0.286. The van der Waals surface area contributed by atoms with E-state index in [0.29, 0.717) is 30.2 Å². The van der Waals surface area contributed by atoms with Gasteiger partial charge in [0.25, 0.3) is 0 Å². The molecule has 0 aliphatic rings. The number of hydrogen-bond acceptors (Lipinski definition) is 4. The molecule has 7 heteroatoms. The van der Waals surface area contributed by atoms with Crippen molar-refractivity contribution in [3.05, 3.63) is 44.3 Å². The van der Waals surface area contributed by atoms with Crippen LogP contribution < -0.4 is 0 Å². The first-order chi connectivity index (χ1) is 11.4. The molecule has 0 heterocycles. The van der Waals surface area contributed by atoms with E-state index in [4.69, 9.17) is 0 Å². The minimum Gasteiger partial charge on any atom is -0.469 e. The van der Waals surface area contributed by atoms with Crippen LogP contribution in [0.4, 0.5) is 0 Å². The van der Waals surface area contributed by atoms with Crippen LogP contribution in [0.1, 0.15) is 32.1 Å². The minimum absolute atomic E-state index is 0.00565. The van der Waals surface area contributed by atoms with Crippen molar-refractivity contribution in [3.8, 4) is 0 Å². The number of aliphatic hydroxyl groups excluding tert-OH is 1. The maximum absolute atomic E-state index is 11.7. The molecule has 1 atom stereocenters. The third-order valence-corrected chi connectivity index (χ3v) is 4.54. The second-order valence-electron chi connectivity index (χ2n) is 4.78. The molecule has 0 bridgehead atoms. The van der Waals surface area contributed by atoms with Gasteiger partial charge in [-0.05, 0) is 42.5 Å². The molecule has 24 heavy (non-hydrogen) atoms. The second-order valence-corrected chi connectivity index (χ2v) is 7.14. The third-order valence-electron chi connectivity index (χ3n) is 2.89. The fourth-order valence-electron chi connectivity index (χ4n) is 1.60. The molecule has 0 aliphatic carbocycles. The molecule has 0 aromatic heterocycles. The lowest BCUT2D eigenvalue weighted by Gasteiger charge is -2.08. The molecule has 0 saturated carbocycles. The number of ketones is 1. The average molecular weight is 529 g/mol. The highest BCUT2D eigenvalue weighted by atomic mass is 79.9. The predicted octanol–water partition coefficient (Wildman–Crippen LogP) is 5.06. The van der Waals surface area contributed by atoms with Gasteiger partial charge in [0.15, 0.2) is 5.78 Å². The van der Waals surface area contributed by atoms with Crippen molar-refractivity contribution < 1.29 is 19.4 Å². The molecule has 4 nitrogen and oxygen atoms in total. The van der Waals surface area contributed by atoms with E-state index in [0.717, 1.165) is 4.48 Å². The number of carbonyl (C=O) groups is 2.